The Hall–Kier alpha value is -2.04. The molecule has 1 heterocycles. The number of nitrogen functional groups attached to an aromatic ring is 1. The van der Waals surface area contributed by atoms with Crippen molar-refractivity contribution in [2.24, 2.45) is 0 Å². The Labute approximate surface area is 113 Å². The smallest absolute Gasteiger partial charge is 0.243 e. The zero-order valence-electron chi connectivity index (χ0n) is 11.3. The van der Waals surface area contributed by atoms with E-state index >= 15 is 0 Å². The highest BCUT2D eigenvalue weighted by atomic mass is 15.4. The fourth-order valence-corrected chi connectivity index (χ4v) is 1.91. The molecule has 19 heavy (non-hydrogen) atoms. The Morgan fingerprint density at radius 2 is 2.05 bits per heavy atom. The van der Waals surface area contributed by atoms with Crippen LogP contribution in [0.5, 0.6) is 0 Å². The number of nitrogens with two attached hydrogens (primary N) is 1. The highest BCUT2D eigenvalue weighted by Crippen LogP contribution is 2.08. The molecule has 5 heteroatoms. The molecule has 0 amide bonds. The molecule has 0 unspecified atom stereocenters. The van der Waals surface area contributed by atoms with Crippen LogP contribution in [0.3, 0.4) is 0 Å². The number of rotatable bonds is 7. The van der Waals surface area contributed by atoms with Crippen molar-refractivity contribution < 1.29 is 0 Å². The zero-order chi connectivity index (χ0) is 13.5. The number of aromatic nitrogens is 3. The molecule has 5 nitrogen and oxygen atoms in total. The maximum Gasteiger partial charge on any atom is 0.243 e. The minimum absolute atomic E-state index is 0.478. The van der Waals surface area contributed by atoms with E-state index in [4.69, 9.17) is 5.73 Å². The van der Waals surface area contributed by atoms with Gasteiger partial charge in [-0.05, 0) is 24.8 Å². The molecule has 2 aromatic rings. The predicted molar refractivity (Wildman–Crippen MR) is 78.0 cm³/mol. The number of aryl methyl sites for hydroxylation is 2. The molecule has 1 aromatic carbocycles. The van der Waals surface area contributed by atoms with E-state index in [1.807, 2.05) is 6.07 Å². The molecule has 1 aromatic heterocycles. The lowest BCUT2D eigenvalue weighted by molar-refractivity contribution is 0.586. The summed E-state index contributed by atoms with van der Waals surface area (Å²) in [5.74, 6) is 1.10. The Morgan fingerprint density at radius 3 is 2.79 bits per heavy atom. The van der Waals surface area contributed by atoms with Crippen molar-refractivity contribution in [3.8, 4) is 0 Å². The summed E-state index contributed by atoms with van der Waals surface area (Å²) in [5.41, 5.74) is 7.18. The van der Waals surface area contributed by atoms with Crippen LogP contribution in [0, 0.1) is 0 Å². The van der Waals surface area contributed by atoms with Crippen molar-refractivity contribution in [1.82, 2.24) is 14.8 Å². The first-order valence-electron chi connectivity index (χ1n) is 6.77. The van der Waals surface area contributed by atoms with Gasteiger partial charge in [-0.3, -0.25) is 0 Å². The highest BCUT2D eigenvalue weighted by molar-refractivity contribution is 5.31. The van der Waals surface area contributed by atoms with Crippen LogP contribution in [0.2, 0.25) is 0 Å². The summed E-state index contributed by atoms with van der Waals surface area (Å²) in [6.45, 7) is 3.77. The molecule has 0 radical (unpaired) electrons. The van der Waals surface area contributed by atoms with E-state index in [9.17, 15) is 0 Å². The third-order valence-corrected chi connectivity index (χ3v) is 2.91. The van der Waals surface area contributed by atoms with E-state index in [0.717, 1.165) is 32.4 Å². The van der Waals surface area contributed by atoms with E-state index in [2.05, 4.69) is 46.6 Å². The van der Waals surface area contributed by atoms with Crippen LogP contribution in [-0.2, 0) is 13.0 Å². The molecule has 0 spiro atoms. The van der Waals surface area contributed by atoms with Gasteiger partial charge < -0.3 is 11.1 Å². The minimum atomic E-state index is 0.478. The highest BCUT2D eigenvalue weighted by Gasteiger charge is 2.05. The maximum atomic E-state index is 5.84. The van der Waals surface area contributed by atoms with Crippen LogP contribution < -0.4 is 11.1 Å². The summed E-state index contributed by atoms with van der Waals surface area (Å²) in [5, 5.41) is 7.49. The summed E-state index contributed by atoms with van der Waals surface area (Å²) in [6.07, 6.45) is 3.07. The normalized spacial score (nSPS) is 10.6. The number of hydrogen-bond donors (Lipinski definition) is 2. The van der Waals surface area contributed by atoms with Crippen LogP contribution in [-0.4, -0.2) is 21.3 Å². The molecule has 0 saturated heterocycles. The lowest BCUT2D eigenvalue weighted by atomic mass is 10.1. The fourth-order valence-electron chi connectivity index (χ4n) is 1.91. The van der Waals surface area contributed by atoms with Crippen LogP contribution in [0.1, 0.15) is 25.3 Å². The van der Waals surface area contributed by atoms with Crippen molar-refractivity contribution in [3.05, 3.63) is 35.9 Å². The summed E-state index contributed by atoms with van der Waals surface area (Å²) >= 11 is 0. The van der Waals surface area contributed by atoms with Crippen LogP contribution in [0.15, 0.2) is 30.3 Å². The van der Waals surface area contributed by atoms with Crippen LogP contribution in [0.25, 0.3) is 0 Å². The molecule has 0 aliphatic heterocycles. The quantitative estimate of drug-likeness (QED) is 0.800. The Balaban J connectivity index is 1.84. The van der Waals surface area contributed by atoms with Gasteiger partial charge in [0, 0.05) is 13.1 Å². The van der Waals surface area contributed by atoms with Crippen LogP contribution >= 0.6 is 0 Å². The van der Waals surface area contributed by atoms with E-state index in [0.29, 0.717) is 11.9 Å². The monoisotopic (exact) mass is 259 g/mol. The molecule has 102 valence electrons. The van der Waals surface area contributed by atoms with Crippen molar-refractivity contribution in [2.45, 2.75) is 32.7 Å². The van der Waals surface area contributed by atoms with Crippen molar-refractivity contribution in [3.63, 3.8) is 0 Å². The summed E-state index contributed by atoms with van der Waals surface area (Å²) in [4.78, 5) is 4.19. The van der Waals surface area contributed by atoms with Gasteiger partial charge in [-0.1, -0.05) is 37.3 Å². The second-order valence-electron chi connectivity index (χ2n) is 4.53. The number of nitrogens with one attached hydrogen (secondary N) is 1. The van der Waals surface area contributed by atoms with Gasteiger partial charge in [0.15, 0.2) is 0 Å². The third-order valence-electron chi connectivity index (χ3n) is 2.91. The van der Waals surface area contributed by atoms with Gasteiger partial charge in [0.05, 0.1) is 0 Å². The molecule has 0 atom stereocenters. The van der Waals surface area contributed by atoms with E-state index in [1.54, 1.807) is 4.68 Å². The zero-order valence-corrected chi connectivity index (χ0v) is 11.3. The van der Waals surface area contributed by atoms with Crippen molar-refractivity contribution in [2.75, 3.05) is 17.6 Å². The summed E-state index contributed by atoms with van der Waals surface area (Å²) in [7, 11) is 0. The second kappa shape index (κ2) is 6.78. The van der Waals surface area contributed by atoms with E-state index in [-0.39, 0.29) is 0 Å². The molecule has 0 saturated carbocycles. The molecular formula is C14H21N5. The van der Waals surface area contributed by atoms with Gasteiger partial charge >= 0.3 is 0 Å². The van der Waals surface area contributed by atoms with Gasteiger partial charge in [-0.15, -0.1) is 5.10 Å². The lowest BCUT2D eigenvalue weighted by Gasteiger charge is -2.03. The first-order valence-corrected chi connectivity index (χ1v) is 6.77. The minimum Gasteiger partial charge on any atom is -0.368 e. The number of benzene rings is 1. The average molecular weight is 259 g/mol. The van der Waals surface area contributed by atoms with Crippen molar-refractivity contribution >= 4 is 11.9 Å². The molecule has 3 N–H and O–H groups in total. The molecule has 0 fully saturated rings. The van der Waals surface area contributed by atoms with Gasteiger partial charge in [0.2, 0.25) is 11.9 Å². The summed E-state index contributed by atoms with van der Waals surface area (Å²) < 4.78 is 1.76. The van der Waals surface area contributed by atoms with E-state index in [1.165, 1.54) is 5.56 Å². The van der Waals surface area contributed by atoms with Crippen molar-refractivity contribution in [1.29, 1.82) is 0 Å². The first kappa shape index (κ1) is 13.4. The molecule has 2 rings (SSSR count). The van der Waals surface area contributed by atoms with Gasteiger partial charge in [-0.25, -0.2) is 4.68 Å². The Bertz CT molecular complexity index is 492. The third kappa shape index (κ3) is 3.98. The largest absolute Gasteiger partial charge is 0.368 e. The summed E-state index contributed by atoms with van der Waals surface area (Å²) in [6, 6.07) is 10.4. The number of anilines is 2. The topological polar surface area (TPSA) is 68.8 Å². The standard InChI is InChI=1S/C14H21N5/c1-2-10-16-14-17-13(15)19(18-14)11-6-9-12-7-4-3-5-8-12/h3-5,7-8H,2,6,9-11H2,1H3,(H3,15,16,17,18). The number of nitrogens with zero attached hydrogens (tertiary/aromatic N) is 3. The number of hydrogen-bond acceptors (Lipinski definition) is 4. The fraction of sp³-hybridized carbons (Fsp3) is 0.429. The Kier molecular flexibility index (Phi) is 4.78. The predicted octanol–water partition coefficient (Wildman–Crippen LogP) is 2.32. The average Bonchev–Trinajstić information content (AvgIpc) is 2.78. The van der Waals surface area contributed by atoms with Gasteiger partial charge in [-0.2, -0.15) is 4.98 Å². The maximum absolute atomic E-state index is 5.84. The Morgan fingerprint density at radius 1 is 1.26 bits per heavy atom. The molecule has 0 bridgehead atoms. The van der Waals surface area contributed by atoms with E-state index < -0.39 is 0 Å². The molecular weight excluding hydrogens is 238 g/mol. The van der Waals surface area contributed by atoms with Gasteiger partial charge in [0.1, 0.15) is 0 Å². The lowest BCUT2D eigenvalue weighted by Crippen LogP contribution is -2.06. The van der Waals surface area contributed by atoms with Gasteiger partial charge in [0.25, 0.3) is 0 Å². The first-order chi connectivity index (χ1) is 9.29. The second-order valence-corrected chi connectivity index (χ2v) is 4.53. The molecule has 0 aliphatic rings. The van der Waals surface area contributed by atoms with Crippen LogP contribution in [0.4, 0.5) is 11.9 Å². The molecule has 0 aliphatic carbocycles. The SMILES string of the molecule is CCCNc1nc(N)n(CCCc2ccccc2)n1.